The van der Waals surface area contributed by atoms with E-state index < -0.39 is 0 Å². The van der Waals surface area contributed by atoms with Crippen molar-refractivity contribution in [2.75, 3.05) is 16.4 Å². The molecule has 2 rings (SSSR count). The van der Waals surface area contributed by atoms with E-state index in [0.717, 1.165) is 0 Å². The van der Waals surface area contributed by atoms with Gasteiger partial charge in [0.15, 0.2) is 0 Å². The topological polar surface area (TPSA) is 92.9 Å². The van der Waals surface area contributed by atoms with Gasteiger partial charge >= 0.3 is 6.03 Å². The third kappa shape index (κ3) is 3.16. The minimum Gasteiger partial charge on any atom is -0.384 e. The second kappa shape index (κ2) is 4.93. The minimum atomic E-state index is -0.380. The lowest BCUT2D eigenvalue weighted by Crippen LogP contribution is -2.20. The predicted molar refractivity (Wildman–Crippen MR) is 65.5 cm³/mol. The summed E-state index contributed by atoms with van der Waals surface area (Å²) >= 11 is 0. The van der Waals surface area contributed by atoms with Crippen molar-refractivity contribution in [1.82, 2.24) is 9.97 Å². The highest BCUT2D eigenvalue weighted by atomic mass is 16.2. The van der Waals surface area contributed by atoms with Crippen molar-refractivity contribution >= 4 is 23.4 Å². The first-order valence-electron chi connectivity index (χ1n) is 4.94. The molecule has 86 valence electrons. The molecular weight excluding hydrogens is 218 g/mol. The van der Waals surface area contributed by atoms with Crippen LogP contribution in [0.4, 0.5) is 22.1 Å². The van der Waals surface area contributed by atoms with Crippen LogP contribution in [0, 0.1) is 0 Å². The highest BCUT2D eigenvalue weighted by Gasteiger charge is 2.03. The zero-order valence-electron chi connectivity index (χ0n) is 8.92. The maximum absolute atomic E-state index is 11.6. The van der Waals surface area contributed by atoms with E-state index in [1.54, 1.807) is 12.1 Å². The number of rotatable bonds is 2. The van der Waals surface area contributed by atoms with Gasteiger partial charge in [-0.15, -0.1) is 0 Å². The summed E-state index contributed by atoms with van der Waals surface area (Å²) in [5, 5.41) is 5.21. The molecule has 0 aliphatic heterocycles. The lowest BCUT2D eigenvalue weighted by molar-refractivity contribution is 0.262. The van der Waals surface area contributed by atoms with Crippen LogP contribution >= 0.6 is 0 Å². The largest absolute Gasteiger partial charge is 0.384 e. The fourth-order valence-electron chi connectivity index (χ4n) is 1.24. The van der Waals surface area contributed by atoms with E-state index in [4.69, 9.17) is 5.73 Å². The number of nitrogens with zero attached hydrogens (tertiary/aromatic N) is 2. The molecule has 0 saturated carbocycles. The Kier molecular flexibility index (Phi) is 3.15. The Morgan fingerprint density at radius 3 is 2.59 bits per heavy atom. The SMILES string of the molecule is Nc1cc(NC(=O)Nc2ccccc2)ncn1. The quantitative estimate of drug-likeness (QED) is 0.730. The number of amides is 2. The van der Waals surface area contributed by atoms with Crippen molar-refractivity contribution in [3.63, 3.8) is 0 Å². The standard InChI is InChI=1S/C11H11N5O/c12-9-6-10(14-7-13-9)16-11(17)15-8-4-2-1-3-5-8/h1-7H,(H4,12,13,14,15,16,17). The molecule has 1 heterocycles. The Balaban J connectivity index is 1.98. The molecule has 2 aromatic rings. The number of benzene rings is 1. The minimum absolute atomic E-state index is 0.301. The molecule has 4 N–H and O–H groups in total. The number of anilines is 3. The second-order valence-corrected chi connectivity index (χ2v) is 3.27. The summed E-state index contributed by atoms with van der Waals surface area (Å²) in [7, 11) is 0. The van der Waals surface area contributed by atoms with Crippen LogP contribution in [-0.2, 0) is 0 Å². The van der Waals surface area contributed by atoms with Crippen LogP contribution in [0.2, 0.25) is 0 Å². The van der Waals surface area contributed by atoms with Crippen molar-refractivity contribution in [1.29, 1.82) is 0 Å². The van der Waals surface area contributed by atoms with Crippen LogP contribution in [0.25, 0.3) is 0 Å². The molecule has 17 heavy (non-hydrogen) atoms. The fourth-order valence-corrected chi connectivity index (χ4v) is 1.24. The molecule has 0 fully saturated rings. The Morgan fingerprint density at radius 1 is 1.12 bits per heavy atom. The molecule has 0 spiro atoms. The summed E-state index contributed by atoms with van der Waals surface area (Å²) in [5.74, 6) is 0.654. The molecule has 0 aliphatic carbocycles. The molecule has 6 nitrogen and oxygen atoms in total. The summed E-state index contributed by atoms with van der Waals surface area (Å²) in [6.45, 7) is 0. The van der Waals surface area contributed by atoms with Crippen molar-refractivity contribution < 1.29 is 4.79 Å². The van der Waals surface area contributed by atoms with Crippen LogP contribution < -0.4 is 16.4 Å². The number of carbonyl (C=O) groups is 1. The highest BCUT2D eigenvalue weighted by molar-refractivity contribution is 5.99. The van der Waals surface area contributed by atoms with E-state index in [-0.39, 0.29) is 6.03 Å². The van der Waals surface area contributed by atoms with E-state index >= 15 is 0 Å². The molecule has 1 aromatic heterocycles. The van der Waals surface area contributed by atoms with Gasteiger partial charge in [0.1, 0.15) is 18.0 Å². The third-order valence-electron chi connectivity index (χ3n) is 1.96. The van der Waals surface area contributed by atoms with Crippen LogP contribution in [-0.4, -0.2) is 16.0 Å². The number of urea groups is 1. The Hall–Kier alpha value is -2.63. The molecule has 2 amide bonds. The van der Waals surface area contributed by atoms with Gasteiger partial charge in [-0.05, 0) is 12.1 Å². The number of aromatic nitrogens is 2. The molecule has 0 radical (unpaired) electrons. The fraction of sp³-hybridized carbons (Fsp3) is 0. The number of hydrogen-bond donors (Lipinski definition) is 3. The average molecular weight is 229 g/mol. The lowest BCUT2D eigenvalue weighted by atomic mass is 10.3. The van der Waals surface area contributed by atoms with Gasteiger partial charge in [0.05, 0.1) is 0 Å². The summed E-state index contributed by atoms with van der Waals surface area (Å²) in [4.78, 5) is 19.2. The summed E-state index contributed by atoms with van der Waals surface area (Å²) in [6, 6.07) is 10.2. The molecule has 0 bridgehead atoms. The van der Waals surface area contributed by atoms with Gasteiger partial charge in [-0.2, -0.15) is 0 Å². The number of hydrogen-bond acceptors (Lipinski definition) is 4. The summed E-state index contributed by atoms with van der Waals surface area (Å²) in [5.41, 5.74) is 6.17. The molecule has 0 unspecified atom stereocenters. The third-order valence-corrected chi connectivity index (χ3v) is 1.96. The van der Waals surface area contributed by atoms with Crippen molar-refractivity contribution in [3.8, 4) is 0 Å². The Bertz CT molecular complexity index is 514. The van der Waals surface area contributed by atoms with Crippen molar-refractivity contribution in [3.05, 3.63) is 42.7 Å². The molecule has 6 heteroatoms. The van der Waals surface area contributed by atoms with E-state index in [1.807, 2.05) is 18.2 Å². The number of nitrogens with one attached hydrogen (secondary N) is 2. The van der Waals surface area contributed by atoms with Gasteiger partial charge in [0, 0.05) is 11.8 Å². The average Bonchev–Trinajstić information content (AvgIpc) is 2.30. The van der Waals surface area contributed by atoms with E-state index in [1.165, 1.54) is 12.4 Å². The lowest BCUT2D eigenvalue weighted by Gasteiger charge is -2.06. The van der Waals surface area contributed by atoms with E-state index in [2.05, 4.69) is 20.6 Å². The number of carbonyl (C=O) groups excluding carboxylic acids is 1. The molecule has 0 aliphatic rings. The molecule has 0 atom stereocenters. The first kappa shape index (κ1) is 10.9. The monoisotopic (exact) mass is 229 g/mol. The van der Waals surface area contributed by atoms with Gasteiger partial charge in [-0.3, -0.25) is 5.32 Å². The van der Waals surface area contributed by atoms with Gasteiger partial charge in [-0.1, -0.05) is 18.2 Å². The Morgan fingerprint density at radius 2 is 1.88 bits per heavy atom. The van der Waals surface area contributed by atoms with Gasteiger partial charge < -0.3 is 11.1 Å². The van der Waals surface area contributed by atoms with Crippen molar-refractivity contribution in [2.45, 2.75) is 0 Å². The van der Waals surface area contributed by atoms with Crippen molar-refractivity contribution in [2.24, 2.45) is 0 Å². The van der Waals surface area contributed by atoms with Gasteiger partial charge in [-0.25, -0.2) is 14.8 Å². The number of nitrogens with two attached hydrogens (primary N) is 1. The van der Waals surface area contributed by atoms with E-state index in [9.17, 15) is 4.79 Å². The maximum atomic E-state index is 11.6. The van der Waals surface area contributed by atoms with E-state index in [0.29, 0.717) is 17.3 Å². The number of para-hydroxylation sites is 1. The van der Waals surface area contributed by atoms with Crippen LogP contribution in [0.15, 0.2) is 42.7 Å². The van der Waals surface area contributed by atoms with Crippen LogP contribution in [0.5, 0.6) is 0 Å². The highest BCUT2D eigenvalue weighted by Crippen LogP contribution is 2.08. The van der Waals surface area contributed by atoms with Crippen LogP contribution in [0.1, 0.15) is 0 Å². The zero-order valence-corrected chi connectivity index (χ0v) is 8.92. The maximum Gasteiger partial charge on any atom is 0.324 e. The van der Waals surface area contributed by atoms with Gasteiger partial charge in [0.25, 0.3) is 0 Å². The normalized spacial score (nSPS) is 9.65. The first-order chi connectivity index (χ1) is 8.24. The molecule has 0 saturated heterocycles. The second-order valence-electron chi connectivity index (χ2n) is 3.27. The molecule has 1 aromatic carbocycles. The van der Waals surface area contributed by atoms with Crippen LogP contribution in [0.3, 0.4) is 0 Å². The summed E-state index contributed by atoms with van der Waals surface area (Å²) in [6.07, 6.45) is 1.29. The zero-order chi connectivity index (χ0) is 12.1. The predicted octanol–water partition coefficient (Wildman–Crippen LogP) is 1.70. The first-order valence-corrected chi connectivity index (χ1v) is 4.94. The Labute approximate surface area is 97.9 Å². The summed E-state index contributed by atoms with van der Waals surface area (Å²) < 4.78 is 0. The molecular formula is C11H11N5O. The smallest absolute Gasteiger partial charge is 0.324 e. The van der Waals surface area contributed by atoms with Gasteiger partial charge in [0.2, 0.25) is 0 Å². The number of nitrogen functional groups attached to an aromatic ring is 1.